The van der Waals surface area contributed by atoms with Gasteiger partial charge in [0.25, 0.3) is 0 Å². The molecule has 0 aliphatic rings. The minimum absolute atomic E-state index is 0.237. The van der Waals surface area contributed by atoms with Crippen LogP contribution < -0.4 is 5.73 Å². The lowest BCUT2D eigenvalue weighted by Crippen LogP contribution is -2.08. The Morgan fingerprint density at radius 2 is 2.25 bits per heavy atom. The van der Waals surface area contributed by atoms with Crippen LogP contribution in [0, 0.1) is 6.92 Å². The summed E-state index contributed by atoms with van der Waals surface area (Å²) >= 11 is 0. The number of nitrogens with two attached hydrogens (primary N) is 1. The summed E-state index contributed by atoms with van der Waals surface area (Å²) in [6, 6.07) is 0. The molecule has 0 aromatic heterocycles. The third-order valence-electron chi connectivity index (χ3n) is 1.07. The number of aliphatic hydroxyl groups is 1. The molecule has 0 aromatic carbocycles. The second kappa shape index (κ2) is 5.06. The number of hydrogen-bond donors (Lipinski definition) is 2. The molecule has 8 heavy (non-hydrogen) atoms. The predicted octanol–water partition coefficient (Wildman–Crippen LogP) is 0.310. The Morgan fingerprint density at radius 1 is 1.62 bits per heavy atom. The smallest absolute Gasteiger partial charge is 0.0540 e. The van der Waals surface area contributed by atoms with Gasteiger partial charge < -0.3 is 10.8 Å². The van der Waals surface area contributed by atoms with Crippen LogP contribution in [0.25, 0.3) is 0 Å². The molecule has 1 radical (unpaired) electrons. The minimum Gasteiger partial charge on any atom is -0.393 e. The van der Waals surface area contributed by atoms with Crippen molar-refractivity contribution in [1.82, 2.24) is 0 Å². The zero-order chi connectivity index (χ0) is 6.41. The molecule has 0 saturated carbocycles. The van der Waals surface area contributed by atoms with Gasteiger partial charge >= 0.3 is 0 Å². The maximum Gasteiger partial charge on any atom is 0.0540 e. The van der Waals surface area contributed by atoms with Crippen LogP contribution in [0.4, 0.5) is 0 Å². The molecule has 0 saturated heterocycles. The Hall–Kier alpha value is -0.0800. The summed E-state index contributed by atoms with van der Waals surface area (Å²) in [5, 5.41) is 8.87. The van der Waals surface area contributed by atoms with E-state index in [1.165, 1.54) is 0 Å². The summed E-state index contributed by atoms with van der Waals surface area (Å²) < 4.78 is 0. The predicted molar refractivity (Wildman–Crippen MR) is 34.3 cm³/mol. The molecule has 1 atom stereocenters. The normalized spacial score (nSPS) is 13.9. The zero-order valence-corrected chi connectivity index (χ0v) is 5.14. The summed E-state index contributed by atoms with van der Waals surface area (Å²) in [5.74, 6) is 0. The SMILES string of the molecule is [CH2]CC(O)CCCN. The van der Waals surface area contributed by atoms with Gasteiger partial charge in [-0.3, -0.25) is 0 Å². The number of rotatable bonds is 4. The van der Waals surface area contributed by atoms with E-state index >= 15 is 0 Å². The number of hydrogen-bond acceptors (Lipinski definition) is 2. The van der Waals surface area contributed by atoms with Gasteiger partial charge in [-0.25, -0.2) is 0 Å². The maximum absolute atomic E-state index is 8.87. The first-order chi connectivity index (χ1) is 3.81. The summed E-state index contributed by atoms with van der Waals surface area (Å²) in [5.41, 5.74) is 5.20. The first-order valence-electron chi connectivity index (χ1n) is 2.98. The van der Waals surface area contributed by atoms with Crippen LogP contribution in [0.5, 0.6) is 0 Å². The Bertz CT molecular complexity index is 47.8. The highest BCUT2D eigenvalue weighted by Crippen LogP contribution is 1.97. The zero-order valence-electron chi connectivity index (χ0n) is 5.14. The van der Waals surface area contributed by atoms with Crippen LogP contribution in [-0.4, -0.2) is 17.8 Å². The molecule has 0 heterocycles. The molecule has 0 fully saturated rings. The molecule has 49 valence electrons. The standard InChI is InChI=1S/C6H14NO/c1-2-6(8)4-3-5-7/h6,8H,1-5,7H2. The van der Waals surface area contributed by atoms with Gasteiger partial charge in [-0.2, -0.15) is 0 Å². The molecule has 0 rings (SSSR count). The van der Waals surface area contributed by atoms with E-state index in [2.05, 4.69) is 6.92 Å². The highest BCUT2D eigenvalue weighted by atomic mass is 16.3. The van der Waals surface area contributed by atoms with E-state index < -0.39 is 0 Å². The first kappa shape index (κ1) is 7.92. The fraction of sp³-hybridized carbons (Fsp3) is 0.833. The second-order valence-corrected chi connectivity index (χ2v) is 1.87. The van der Waals surface area contributed by atoms with Gasteiger partial charge in [0.2, 0.25) is 0 Å². The Balaban J connectivity index is 2.86. The molecule has 2 nitrogen and oxygen atoms in total. The van der Waals surface area contributed by atoms with E-state index in [0.29, 0.717) is 13.0 Å². The molecule has 0 aromatic rings. The topological polar surface area (TPSA) is 46.2 Å². The van der Waals surface area contributed by atoms with Gasteiger partial charge in [0.1, 0.15) is 0 Å². The van der Waals surface area contributed by atoms with E-state index in [1.807, 2.05) is 0 Å². The monoisotopic (exact) mass is 116 g/mol. The van der Waals surface area contributed by atoms with Gasteiger partial charge in [-0.15, -0.1) is 0 Å². The lowest BCUT2D eigenvalue weighted by molar-refractivity contribution is 0.165. The van der Waals surface area contributed by atoms with E-state index in [0.717, 1.165) is 12.8 Å². The third-order valence-corrected chi connectivity index (χ3v) is 1.07. The van der Waals surface area contributed by atoms with Crippen molar-refractivity contribution in [3.05, 3.63) is 6.92 Å². The lowest BCUT2D eigenvalue weighted by atomic mass is 10.1. The molecule has 0 amide bonds. The van der Waals surface area contributed by atoms with Crippen LogP contribution in [0.15, 0.2) is 0 Å². The van der Waals surface area contributed by atoms with Crippen molar-refractivity contribution < 1.29 is 5.11 Å². The first-order valence-corrected chi connectivity index (χ1v) is 2.98. The van der Waals surface area contributed by atoms with Crippen molar-refractivity contribution >= 4 is 0 Å². The van der Waals surface area contributed by atoms with Gasteiger partial charge in [0.05, 0.1) is 6.10 Å². The summed E-state index contributed by atoms with van der Waals surface area (Å²) in [4.78, 5) is 0. The summed E-state index contributed by atoms with van der Waals surface area (Å²) in [7, 11) is 0. The van der Waals surface area contributed by atoms with Crippen LogP contribution in [0.2, 0.25) is 0 Å². The van der Waals surface area contributed by atoms with Gasteiger partial charge in [0, 0.05) is 0 Å². The van der Waals surface area contributed by atoms with Crippen LogP contribution in [0.3, 0.4) is 0 Å². The van der Waals surface area contributed by atoms with Gasteiger partial charge in [-0.05, 0) is 25.8 Å². The fourth-order valence-corrected chi connectivity index (χ4v) is 0.498. The van der Waals surface area contributed by atoms with Crippen LogP contribution in [-0.2, 0) is 0 Å². The van der Waals surface area contributed by atoms with E-state index in [-0.39, 0.29) is 6.10 Å². The van der Waals surface area contributed by atoms with E-state index in [9.17, 15) is 0 Å². The average molecular weight is 116 g/mol. The van der Waals surface area contributed by atoms with E-state index in [4.69, 9.17) is 10.8 Å². The summed E-state index contributed by atoms with van der Waals surface area (Å²) in [6.07, 6.45) is 2.05. The van der Waals surface area contributed by atoms with Gasteiger partial charge in [-0.1, -0.05) is 6.92 Å². The Morgan fingerprint density at radius 3 is 2.62 bits per heavy atom. The largest absolute Gasteiger partial charge is 0.393 e. The van der Waals surface area contributed by atoms with Crippen molar-refractivity contribution in [1.29, 1.82) is 0 Å². The second-order valence-electron chi connectivity index (χ2n) is 1.87. The minimum atomic E-state index is -0.237. The fourth-order valence-electron chi connectivity index (χ4n) is 0.498. The van der Waals surface area contributed by atoms with Crippen molar-refractivity contribution in [2.24, 2.45) is 5.73 Å². The molecule has 2 heteroatoms. The van der Waals surface area contributed by atoms with Crippen molar-refractivity contribution in [2.75, 3.05) is 6.54 Å². The lowest BCUT2D eigenvalue weighted by Gasteiger charge is -2.03. The molecule has 1 unspecified atom stereocenters. The molecule has 0 aliphatic heterocycles. The molecular weight excluding hydrogens is 102 g/mol. The molecule has 0 aliphatic carbocycles. The average Bonchev–Trinajstić information content (AvgIpc) is 1.83. The highest BCUT2D eigenvalue weighted by molar-refractivity contribution is 4.56. The summed E-state index contributed by atoms with van der Waals surface area (Å²) in [6.45, 7) is 4.21. The Kier molecular flexibility index (Phi) is 5.01. The van der Waals surface area contributed by atoms with Crippen molar-refractivity contribution in [2.45, 2.75) is 25.4 Å². The molecule has 0 bridgehead atoms. The van der Waals surface area contributed by atoms with Crippen LogP contribution >= 0.6 is 0 Å². The molecule has 0 spiro atoms. The van der Waals surface area contributed by atoms with Gasteiger partial charge in [0.15, 0.2) is 0 Å². The quantitative estimate of drug-likeness (QED) is 0.555. The Labute approximate surface area is 50.7 Å². The van der Waals surface area contributed by atoms with Crippen LogP contribution in [0.1, 0.15) is 19.3 Å². The molecular formula is C6H14NO. The van der Waals surface area contributed by atoms with E-state index in [1.54, 1.807) is 0 Å². The van der Waals surface area contributed by atoms with Crippen molar-refractivity contribution in [3.63, 3.8) is 0 Å². The maximum atomic E-state index is 8.87. The number of aliphatic hydroxyl groups excluding tert-OH is 1. The third kappa shape index (κ3) is 4.09. The molecule has 3 N–H and O–H groups in total. The van der Waals surface area contributed by atoms with Crippen molar-refractivity contribution in [3.8, 4) is 0 Å². The highest BCUT2D eigenvalue weighted by Gasteiger charge is 1.96.